The van der Waals surface area contributed by atoms with Crippen LogP contribution < -0.4 is 4.90 Å². The van der Waals surface area contributed by atoms with E-state index >= 15 is 0 Å². The van der Waals surface area contributed by atoms with E-state index in [0.29, 0.717) is 25.2 Å². The van der Waals surface area contributed by atoms with Crippen molar-refractivity contribution in [2.45, 2.75) is 32.2 Å². The van der Waals surface area contributed by atoms with Crippen LogP contribution in [-0.2, 0) is 16.0 Å². The highest BCUT2D eigenvalue weighted by Gasteiger charge is 2.30. The van der Waals surface area contributed by atoms with Crippen LogP contribution in [0, 0.1) is 10.1 Å². The van der Waals surface area contributed by atoms with Gasteiger partial charge in [-0.05, 0) is 31.4 Å². The zero-order valence-corrected chi connectivity index (χ0v) is 16.0. The second-order valence-electron chi connectivity index (χ2n) is 7.33. The summed E-state index contributed by atoms with van der Waals surface area (Å²) in [4.78, 5) is 40.1. The van der Waals surface area contributed by atoms with E-state index < -0.39 is 10.9 Å². The van der Waals surface area contributed by atoms with Gasteiger partial charge in [0, 0.05) is 37.8 Å². The van der Waals surface area contributed by atoms with Crippen LogP contribution in [0.1, 0.15) is 25.3 Å². The Morgan fingerprint density at radius 1 is 1.29 bits per heavy atom. The number of aliphatic carboxylic acids is 1. The molecule has 2 aliphatic heterocycles. The maximum absolute atomic E-state index is 12.8. The summed E-state index contributed by atoms with van der Waals surface area (Å²) < 4.78 is 0. The van der Waals surface area contributed by atoms with Gasteiger partial charge in [0.1, 0.15) is 0 Å². The van der Waals surface area contributed by atoms with E-state index in [2.05, 4.69) is 4.90 Å². The number of carboxylic acids is 1. The summed E-state index contributed by atoms with van der Waals surface area (Å²) in [6.45, 7) is 5.00. The van der Waals surface area contributed by atoms with E-state index in [1.165, 1.54) is 12.1 Å². The first-order valence-electron chi connectivity index (χ1n) is 9.65. The number of nitro groups is 1. The number of hydrogen-bond donors (Lipinski definition) is 1. The van der Waals surface area contributed by atoms with Gasteiger partial charge >= 0.3 is 5.97 Å². The minimum absolute atomic E-state index is 0.00245. The topological polar surface area (TPSA) is 107 Å². The Hall–Kier alpha value is -2.52. The van der Waals surface area contributed by atoms with Crippen molar-refractivity contribution < 1.29 is 19.6 Å². The molecule has 28 heavy (non-hydrogen) atoms. The number of piperidine rings is 1. The van der Waals surface area contributed by atoms with Crippen molar-refractivity contribution in [1.82, 2.24) is 9.80 Å². The number of carbonyl (C=O) groups excluding carboxylic acids is 1. The third kappa shape index (κ3) is 4.48. The fourth-order valence-corrected chi connectivity index (χ4v) is 4.13. The Morgan fingerprint density at radius 2 is 2.00 bits per heavy atom. The van der Waals surface area contributed by atoms with Gasteiger partial charge in [-0.25, -0.2) is 0 Å². The molecule has 9 nitrogen and oxygen atoms in total. The molecule has 1 aromatic rings. The molecule has 3 rings (SSSR count). The van der Waals surface area contributed by atoms with Crippen LogP contribution in [0.25, 0.3) is 0 Å². The van der Waals surface area contributed by atoms with E-state index in [1.807, 2.05) is 11.8 Å². The fourth-order valence-electron chi connectivity index (χ4n) is 4.13. The summed E-state index contributed by atoms with van der Waals surface area (Å²) in [6.07, 6.45) is 2.37. The molecule has 1 N–H and O–H groups in total. The zero-order valence-electron chi connectivity index (χ0n) is 16.0. The van der Waals surface area contributed by atoms with Crippen LogP contribution in [0.5, 0.6) is 0 Å². The third-order valence-electron chi connectivity index (χ3n) is 5.65. The van der Waals surface area contributed by atoms with Gasteiger partial charge in [-0.15, -0.1) is 0 Å². The number of likely N-dealkylation sites (N-methyl/N-ethyl adjacent to an activating group) is 1. The van der Waals surface area contributed by atoms with E-state index in [9.17, 15) is 19.7 Å². The second kappa shape index (κ2) is 8.66. The molecule has 1 aromatic carbocycles. The lowest BCUT2D eigenvalue weighted by molar-refractivity contribution is -0.384. The van der Waals surface area contributed by atoms with Gasteiger partial charge in [0.05, 0.1) is 23.7 Å². The monoisotopic (exact) mass is 390 g/mol. The van der Waals surface area contributed by atoms with Gasteiger partial charge in [-0.2, -0.15) is 0 Å². The molecule has 1 saturated heterocycles. The summed E-state index contributed by atoms with van der Waals surface area (Å²) in [5, 5.41) is 20.1. The van der Waals surface area contributed by atoms with Gasteiger partial charge < -0.3 is 10.0 Å². The number of benzene rings is 1. The van der Waals surface area contributed by atoms with E-state index in [0.717, 1.165) is 31.5 Å². The number of nitro benzene ring substituents is 1. The number of nitrogens with zero attached hydrogens (tertiary/aromatic N) is 4. The Morgan fingerprint density at radius 3 is 2.61 bits per heavy atom. The highest BCUT2D eigenvalue weighted by atomic mass is 16.6. The average molecular weight is 390 g/mol. The highest BCUT2D eigenvalue weighted by molar-refractivity contribution is 5.97. The summed E-state index contributed by atoms with van der Waals surface area (Å²) in [5.41, 5.74) is 1.61. The van der Waals surface area contributed by atoms with Crippen LogP contribution in [0.3, 0.4) is 0 Å². The van der Waals surface area contributed by atoms with Crippen molar-refractivity contribution in [1.29, 1.82) is 0 Å². The molecule has 0 atom stereocenters. The molecule has 0 spiro atoms. The summed E-state index contributed by atoms with van der Waals surface area (Å²) in [5.74, 6) is -0.864. The Labute approximate surface area is 163 Å². The largest absolute Gasteiger partial charge is 0.480 e. The standard InChI is InChI=1S/C19H26N4O5/c1-2-21(13-19(25)26)15-6-8-20(9-7-15)12-18(24)22-10-5-14-3-4-16(23(27)28)11-17(14)22/h3-4,11,15H,2,5-10,12-13H2,1H3,(H,25,26). The first kappa shape index (κ1) is 20.2. The molecule has 0 aromatic heterocycles. The fraction of sp³-hybridized carbons (Fsp3) is 0.579. The number of carboxylic acid groups (broad SMARTS) is 1. The van der Waals surface area contributed by atoms with Crippen LogP contribution in [0.2, 0.25) is 0 Å². The van der Waals surface area contributed by atoms with Crippen molar-refractivity contribution in [3.8, 4) is 0 Å². The smallest absolute Gasteiger partial charge is 0.317 e. The first-order valence-corrected chi connectivity index (χ1v) is 9.65. The lowest BCUT2D eigenvalue weighted by atomic mass is 10.0. The molecule has 152 valence electrons. The Balaban J connectivity index is 1.57. The molecular formula is C19H26N4O5. The molecular weight excluding hydrogens is 364 g/mol. The SMILES string of the molecule is CCN(CC(=O)O)C1CCN(CC(=O)N2CCc3ccc([N+](=O)[O-])cc32)CC1. The average Bonchev–Trinajstić information content (AvgIpc) is 3.10. The van der Waals surface area contributed by atoms with Gasteiger partial charge in [0.25, 0.3) is 5.69 Å². The Kier molecular flexibility index (Phi) is 6.25. The van der Waals surface area contributed by atoms with Crippen molar-refractivity contribution in [2.24, 2.45) is 0 Å². The predicted octanol–water partition coefficient (Wildman–Crippen LogP) is 1.35. The first-order chi connectivity index (χ1) is 13.4. The molecule has 2 aliphatic rings. The second-order valence-corrected chi connectivity index (χ2v) is 7.33. The van der Waals surface area contributed by atoms with Crippen LogP contribution in [-0.4, -0.2) is 77.0 Å². The molecule has 0 saturated carbocycles. The quantitative estimate of drug-likeness (QED) is 0.553. The van der Waals surface area contributed by atoms with Crippen LogP contribution in [0.15, 0.2) is 18.2 Å². The maximum atomic E-state index is 12.8. The zero-order chi connectivity index (χ0) is 20.3. The van der Waals surface area contributed by atoms with Gasteiger partial charge in [0.15, 0.2) is 0 Å². The summed E-state index contributed by atoms with van der Waals surface area (Å²) >= 11 is 0. The van der Waals surface area contributed by atoms with Crippen molar-refractivity contribution in [2.75, 3.05) is 44.2 Å². The van der Waals surface area contributed by atoms with E-state index in [-0.39, 0.29) is 30.7 Å². The third-order valence-corrected chi connectivity index (χ3v) is 5.65. The number of amides is 1. The molecule has 9 heteroatoms. The maximum Gasteiger partial charge on any atom is 0.317 e. The number of anilines is 1. The number of non-ortho nitro benzene ring substituents is 1. The van der Waals surface area contributed by atoms with E-state index in [4.69, 9.17) is 5.11 Å². The van der Waals surface area contributed by atoms with Gasteiger partial charge in [-0.3, -0.25) is 29.5 Å². The minimum atomic E-state index is -0.818. The van der Waals surface area contributed by atoms with Crippen LogP contribution in [0.4, 0.5) is 11.4 Å². The predicted molar refractivity (Wildman–Crippen MR) is 103 cm³/mol. The molecule has 1 amide bonds. The molecule has 0 aliphatic carbocycles. The lowest BCUT2D eigenvalue weighted by Crippen LogP contribution is -2.49. The molecule has 0 bridgehead atoms. The van der Waals surface area contributed by atoms with Crippen molar-refractivity contribution in [3.05, 3.63) is 33.9 Å². The summed E-state index contributed by atoms with van der Waals surface area (Å²) in [6, 6.07) is 4.92. The van der Waals surface area contributed by atoms with Gasteiger partial charge in [0.2, 0.25) is 5.91 Å². The number of carbonyl (C=O) groups is 2. The molecule has 1 fully saturated rings. The normalized spacial score (nSPS) is 17.7. The molecule has 2 heterocycles. The lowest BCUT2D eigenvalue weighted by Gasteiger charge is -2.37. The van der Waals surface area contributed by atoms with Crippen LogP contribution >= 0.6 is 0 Å². The number of hydrogen-bond acceptors (Lipinski definition) is 6. The number of likely N-dealkylation sites (tertiary alicyclic amines) is 1. The minimum Gasteiger partial charge on any atom is -0.480 e. The number of rotatable bonds is 7. The van der Waals surface area contributed by atoms with Crippen molar-refractivity contribution in [3.63, 3.8) is 0 Å². The van der Waals surface area contributed by atoms with E-state index in [1.54, 1.807) is 11.0 Å². The highest BCUT2D eigenvalue weighted by Crippen LogP contribution is 2.32. The summed E-state index contributed by atoms with van der Waals surface area (Å²) in [7, 11) is 0. The Bertz CT molecular complexity index is 761. The van der Waals surface area contributed by atoms with Crippen molar-refractivity contribution >= 4 is 23.3 Å². The molecule has 0 radical (unpaired) electrons. The number of fused-ring (bicyclic) bond motifs is 1. The van der Waals surface area contributed by atoms with Gasteiger partial charge in [-0.1, -0.05) is 13.0 Å². The molecule has 0 unspecified atom stereocenters.